The highest BCUT2D eigenvalue weighted by Crippen LogP contribution is 2.26. The molecule has 3 N–H and O–H groups in total. The molecule has 0 aliphatic rings. The first-order chi connectivity index (χ1) is 8.68. The van der Waals surface area contributed by atoms with Gasteiger partial charge in [-0.25, -0.2) is 8.42 Å². The summed E-state index contributed by atoms with van der Waals surface area (Å²) >= 11 is 0. The lowest BCUT2D eigenvalue weighted by Gasteiger charge is -2.27. The van der Waals surface area contributed by atoms with Gasteiger partial charge in [0.25, 0.3) is 0 Å². The normalized spacial score (nSPS) is 12.2. The Labute approximate surface area is 114 Å². The van der Waals surface area contributed by atoms with Crippen molar-refractivity contribution in [2.24, 2.45) is 5.73 Å². The van der Waals surface area contributed by atoms with Gasteiger partial charge in [-0.2, -0.15) is 0 Å². The maximum atomic E-state index is 12.0. The first-order valence-corrected chi connectivity index (χ1v) is 7.71. The van der Waals surface area contributed by atoms with Crippen LogP contribution in [0.4, 0.5) is 5.69 Å². The number of hydrogen-bond acceptors (Lipinski definition) is 4. The second-order valence-electron chi connectivity index (χ2n) is 5.05. The second kappa shape index (κ2) is 5.61. The van der Waals surface area contributed by atoms with Crippen molar-refractivity contribution in [1.82, 2.24) is 0 Å². The Morgan fingerprint density at radius 2 is 1.89 bits per heavy atom. The van der Waals surface area contributed by atoms with Gasteiger partial charge in [-0.1, -0.05) is 19.1 Å². The Balaban J connectivity index is 3.13. The van der Waals surface area contributed by atoms with Gasteiger partial charge >= 0.3 is 0 Å². The zero-order chi connectivity index (χ0) is 14.7. The maximum absolute atomic E-state index is 12.0. The molecular formula is C13H20N2O3S. The Morgan fingerprint density at radius 3 is 2.42 bits per heavy atom. The summed E-state index contributed by atoms with van der Waals surface area (Å²) in [6.45, 7) is 5.20. The number of primary amides is 1. The fourth-order valence-electron chi connectivity index (χ4n) is 1.84. The van der Waals surface area contributed by atoms with E-state index in [9.17, 15) is 13.2 Å². The van der Waals surface area contributed by atoms with Crippen molar-refractivity contribution in [3.8, 4) is 0 Å². The number of hydrogen-bond donors (Lipinski definition) is 2. The molecule has 6 heteroatoms. The van der Waals surface area contributed by atoms with Crippen LogP contribution in [0.5, 0.6) is 0 Å². The number of sulfone groups is 1. The Bertz CT molecular complexity index is 565. The Hall–Kier alpha value is -1.56. The third-order valence-electron chi connectivity index (χ3n) is 2.69. The molecule has 1 rings (SSSR count). The molecule has 19 heavy (non-hydrogen) atoms. The van der Waals surface area contributed by atoms with Crippen LogP contribution >= 0.6 is 0 Å². The van der Waals surface area contributed by atoms with Crippen molar-refractivity contribution < 1.29 is 13.2 Å². The van der Waals surface area contributed by atoms with Crippen molar-refractivity contribution in [2.75, 3.05) is 11.1 Å². The minimum atomic E-state index is -3.31. The molecule has 5 nitrogen and oxygen atoms in total. The predicted octanol–water partition coefficient (Wildman–Crippen LogP) is 1.55. The first kappa shape index (κ1) is 15.5. The number of para-hydroxylation sites is 1. The molecule has 0 fully saturated rings. The van der Waals surface area contributed by atoms with E-state index in [-0.39, 0.29) is 17.1 Å². The summed E-state index contributed by atoms with van der Waals surface area (Å²) in [5.41, 5.74) is 5.08. The molecule has 0 radical (unpaired) electrons. The van der Waals surface area contributed by atoms with Gasteiger partial charge in [-0.05, 0) is 26.0 Å². The van der Waals surface area contributed by atoms with E-state index in [1.54, 1.807) is 45.0 Å². The third-order valence-corrected chi connectivity index (χ3v) is 4.48. The summed E-state index contributed by atoms with van der Waals surface area (Å²) in [4.78, 5) is 11.3. The SMILES string of the molecule is CCS(=O)(=O)c1ccccc1NC(C)(C)CC(N)=O. The number of carbonyl (C=O) groups excluding carboxylic acids is 1. The van der Waals surface area contributed by atoms with Crippen LogP contribution < -0.4 is 11.1 Å². The summed E-state index contributed by atoms with van der Waals surface area (Å²) in [6.07, 6.45) is 0.119. The topological polar surface area (TPSA) is 89.3 Å². The maximum Gasteiger partial charge on any atom is 0.219 e. The van der Waals surface area contributed by atoms with Crippen LogP contribution in [0.1, 0.15) is 27.2 Å². The van der Waals surface area contributed by atoms with E-state index in [1.807, 2.05) is 0 Å². The molecule has 0 spiro atoms. The largest absolute Gasteiger partial charge is 0.379 e. The van der Waals surface area contributed by atoms with Crippen LogP contribution in [-0.4, -0.2) is 25.6 Å². The minimum Gasteiger partial charge on any atom is -0.379 e. The average Bonchev–Trinajstić information content (AvgIpc) is 2.27. The predicted molar refractivity (Wildman–Crippen MR) is 75.7 cm³/mol. The minimum absolute atomic E-state index is 0.0297. The number of benzene rings is 1. The Kier molecular flexibility index (Phi) is 4.57. The van der Waals surface area contributed by atoms with E-state index in [1.165, 1.54) is 0 Å². The molecule has 106 valence electrons. The zero-order valence-electron chi connectivity index (χ0n) is 11.4. The highest BCUT2D eigenvalue weighted by Gasteiger charge is 2.24. The Morgan fingerprint density at radius 1 is 1.32 bits per heavy atom. The van der Waals surface area contributed by atoms with Crippen molar-refractivity contribution in [3.63, 3.8) is 0 Å². The van der Waals surface area contributed by atoms with Gasteiger partial charge in [0, 0.05) is 12.0 Å². The summed E-state index contributed by atoms with van der Waals surface area (Å²) in [6, 6.07) is 6.67. The molecule has 0 aromatic heterocycles. The molecule has 0 aliphatic heterocycles. The van der Waals surface area contributed by atoms with Crippen molar-refractivity contribution in [3.05, 3.63) is 24.3 Å². The molecule has 0 unspecified atom stereocenters. The standard InChI is InChI=1S/C13H20N2O3S/c1-4-19(17,18)11-8-6-5-7-10(11)15-13(2,3)9-12(14)16/h5-8,15H,4,9H2,1-3H3,(H2,14,16). The molecule has 1 aromatic rings. The lowest BCUT2D eigenvalue weighted by Crippen LogP contribution is -2.36. The van der Waals surface area contributed by atoms with Gasteiger partial charge in [-0.3, -0.25) is 4.79 Å². The van der Waals surface area contributed by atoms with E-state index < -0.39 is 21.3 Å². The summed E-state index contributed by atoms with van der Waals surface area (Å²) in [7, 11) is -3.31. The third kappa shape index (κ3) is 4.24. The number of anilines is 1. The molecule has 0 bridgehead atoms. The van der Waals surface area contributed by atoms with Crippen molar-refractivity contribution >= 4 is 21.4 Å². The molecule has 0 saturated carbocycles. The van der Waals surface area contributed by atoms with Crippen LogP contribution in [0.15, 0.2) is 29.2 Å². The first-order valence-electron chi connectivity index (χ1n) is 6.06. The summed E-state index contributed by atoms with van der Waals surface area (Å²) < 4.78 is 24.0. The van der Waals surface area contributed by atoms with E-state index in [0.29, 0.717) is 5.69 Å². The molecule has 0 saturated heterocycles. The number of nitrogens with two attached hydrogens (primary N) is 1. The quantitative estimate of drug-likeness (QED) is 0.829. The molecule has 1 amide bonds. The molecular weight excluding hydrogens is 264 g/mol. The van der Waals surface area contributed by atoms with Gasteiger partial charge in [0.15, 0.2) is 9.84 Å². The van der Waals surface area contributed by atoms with E-state index >= 15 is 0 Å². The van der Waals surface area contributed by atoms with Crippen LogP contribution in [0.3, 0.4) is 0 Å². The molecule has 0 heterocycles. The van der Waals surface area contributed by atoms with Crippen LogP contribution in [0.2, 0.25) is 0 Å². The van der Waals surface area contributed by atoms with Crippen molar-refractivity contribution in [1.29, 1.82) is 0 Å². The summed E-state index contributed by atoms with van der Waals surface area (Å²) in [5, 5.41) is 3.08. The fourth-order valence-corrected chi connectivity index (χ4v) is 2.89. The average molecular weight is 284 g/mol. The number of amides is 1. The lowest BCUT2D eigenvalue weighted by molar-refractivity contribution is -0.118. The zero-order valence-corrected chi connectivity index (χ0v) is 12.3. The molecule has 1 aromatic carbocycles. The monoisotopic (exact) mass is 284 g/mol. The van der Waals surface area contributed by atoms with E-state index in [0.717, 1.165) is 0 Å². The number of rotatable bonds is 6. The van der Waals surface area contributed by atoms with E-state index in [2.05, 4.69) is 5.32 Å². The highest BCUT2D eigenvalue weighted by molar-refractivity contribution is 7.91. The van der Waals surface area contributed by atoms with Crippen LogP contribution in [-0.2, 0) is 14.6 Å². The number of carbonyl (C=O) groups is 1. The van der Waals surface area contributed by atoms with Crippen molar-refractivity contribution in [2.45, 2.75) is 37.6 Å². The van der Waals surface area contributed by atoms with Gasteiger partial charge in [0.1, 0.15) is 0 Å². The smallest absolute Gasteiger partial charge is 0.219 e. The van der Waals surface area contributed by atoms with Gasteiger partial charge in [-0.15, -0.1) is 0 Å². The fraction of sp³-hybridized carbons (Fsp3) is 0.462. The molecule has 0 aliphatic carbocycles. The van der Waals surface area contributed by atoms with Gasteiger partial charge in [0.2, 0.25) is 5.91 Å². The molecule has 0 atom stereocenters. The van der Waals surface area contributed by atoms with Gasteiger partial charge < -0.3 is 11.1 Å². The highest BCUT2D eigenvalue weighted by atomic mass is 32.2. The second-order valence-corrected chi connectivity index (χ2v) is 7.30. The van der Waals surface area contributed by atoms with E-state index in [4.69, 9.17) is 5.73 Å². The van der Waals surface area contributed by atoms with Crippen LogP contribution in [0, 0.1) is 0 Å². The number of nitrogens with one attached hydrogen (secondary N) is 1. The van der Waals surface area contributed by atoms with Crippen LogP contribution in [0.25, 0.3) is 0 Å². The summed E-state index contributed by atoms with van der Waals surface area (Å²) in [5.74, 6) is -0.407. The lowest BCUT2D eigenvalue weighted by atomic mass is 10.00. The van der Waals surface area contributed by atoms with Gasteiger partial charge in [0.05, 0.1) is 16.3 Å².